The van der Waals surface area contributed by atoms with E-state index in [4.69, 9.17) is 4.74 Å². The number of amides is 1. The molecule has 0 atom stereocenters. The lowest BCUT2D eigenvalue weighted by Crippen LogP contribution is -2.29. The van der Waals surface area contributed by atoms with Gasteiger partial charge in [0.05, 0.1) is 18.2 Å². The predicted octanol–water partition coefficient (Wildman–Crippen LogP) is 3.40. The van der Waals surface area contributed by atoms with Crippen molar-refractivity contribution in [3.63, 3.8) is 0 Å². The number of hydrogen-bond donors (Lipinski definition) is 1. The van der Waals surface area contributed by atoms with E-state index < -0.39 is 17.0 Å². The number of aryl methyl sites for hydroxylation is 1. The fourth-order valence-corrected chi connectivity index (χ4v) is 3.63. The average Bonchev–Trinajstić information content (AvgIpc) is 2.86. The van der Waals surface area contributed by atoms with Crippen LogP contribution in [-0.4, -0.2) is 28.4 Å². The van der Waals surface area contributed by atoms with Gasteiger partial charge in [-0.25, -0.2) is 4.39 Å². The van der Waals surface area contributed by atoms with E-state index in [9.17, 15) is 18.8 Å². The maximum Gasteiger partial charge on any atom is 0.240 e. The molecule has 7 nitrogen and oxygen atoms in total. The van der Waals surface area contributed by atoms with Crippen LogP contribution in [0, 0.1) is 12.7 Å². The highest BCUT2D eigenvalue weighted by molar-refractivity contribution is 6.10. The number of carbonyl (C=O) groups is 2. The van der Waals surface area contributed by atoms with Gasteiger partial charge in [0, 0.05) is 36.1 Å². The van der Waals surface area contributed by atoms with Gasteiger partial charge in [-0.3, -0.25) is 19.4 Å². The van der Waals surface area contributed by atoms with Gasteiger partial charge in [0.2, 0.25) is 11.3 Å². The molecule has 2 aromatic carbocycles. The van der Waals surface area contributed by atoms with Crippen molar-refractivity contribution in [1.82, 2.24) is 14.9 Å². The van der Waals surface area contributed by atoms with Crippen LogP contribution in [0.4, 0.5) is 4.39 Å². The fourth-order valence-electron chi connectivity index (χ4n) is 3.63. The Bertz CT molecular complexity index is 1430. The second-order valence-corrected chi connectivity index (χ2v) is 7.81. The number of halogens is 1. The predicted molar refractivity (Wildman–Crippen MR) is 125 cm³/mol. The minimum Gasteiger partial charge on any atom is -0.497 e. The average molecular weight is 459 g/mol. The van der Waals surface area contributed by atoms with Crippen LogP contribution in [-0.2, 0) is 17.9 Å². The number of ketones is 1. The first-order valence-corrected chi connectivity index (χ1v) is 10.5. The molecule has 0 fully saturated rings. The van der Waals surface area contributed by atoms with E-state index in [1.807, 2.05) is 12.1 Å². The van der Waals surface area contributed by atoms with E-state index in [0.29, 0.717) is 11.3 Å². The Morgan fingerprint density at radius 2 is 1.79 bits per heavy atom. The zero-order chi connectivity index (χ0) is 24.2. The zero-order valence-corrected chi connectivity index (χ0v) is 18.7. The Hall–Kier alpha value is -4.33. The van der Waals surface area contributed by atoms with Crippen molar-refractivity contribution in [3.8, 4) is 5.75 Å². The molecule has 0 saturated heterocycles. The van der Waals surface area contributed by atoms with Crippen LogP contribution in [0.15, 0.2) is 71.9 Å². The van der Waals surface area contributed by atoms with Gasteiger partial charge in [0.15, 0.2) is 5.78 Å². The number of carbonyl (C=O) groups excluding carboxylic acids is 2. The summed E-state index contributed by atoms with van der Waals surface area (Å²) in [7, 11) is 1.57. The van der Waals surface area contributed by atoms with Gasteiger partial charge in [-0.05, 0) is 54.4 Å². The van der Waals surface area contributed by atoms with E-state index >= 15 is 0 Å². The molecule has 0 unspecified atom stereocenters. The molecule has 1 N–H and O–H groups in total. The largest absolute Gasteiger partial charge is 0.497 e. The molecule has 4 aromatic rings. The second-order valence-electron chi connectivity index (χ2n) is 7.81. The maximum atomic E-state index is 14.4. The van der Waals surface area contributed by atoms with Crippen molar-refractivity contribution in [2.45, 2.75) is 20.0 Å². The SMILES string of the molecule is COc1ccc(CNC(=O)Cn2cc(C(=O)c3ccncc3)c(=O)c3cc(C)c(F)cc32)cc1. The first kappa shape index (κ1) is 22.8. The first-order chi connectivity index (χ1) is 16.4. The number of pyridine rings is 2. The molecule has 172 valence electrons. The molecule has 0 spiro atoms. The topological polar surface area (TPSA) is 90.3 Å². The third-order valence-electron chi connectivity index (χ3n) is 5.51. The molecule has 0 aliphatic rings. The van der Waals surface area contributed by atoms with Crippen molar-refractivity contribution in [1.29, 1.82) is 0 Å². The van der Waals surface area contributed by atoms with Crippen LogP contribution in [0.1, 0.15) is 27.0 Å². The second kappa shape index (κ2) is 9.66. The molecule has 8 heteroatoms. The normalized spacial score (nSPS) is 10.8. The van der Waals surface area contributed by atoms with Crippen molar-refractivity contribution < 1.29 is 18.7 Å². The van der Waals surface area contributed by atoms with E-state index in [-0.39, 0.29) is 41.0 Å². The molecule has 0 radical (unpaired) electrons. The lowest BCUT2D eigenvalue weighted by Gasteiger charge is -2.14. The zero-order valence-electron chi connectivity index (χ0n) is 18.7. The van der Waals surface area contributed by atoms with E-state index in [1.165, 1.54) is 54.3 Å². The number of methoxy groups -OCH3 is 1. The molecule has 2 aromatic heterocycles. The van der Waals surface area contributed by atoms with Gasteiger partial charge >= 0.3 is 0 Å². The smallest absolute Gasteiger partial charge is 0.240 e. The summed E-state index contributed by atoms with van der Waals surface area (Å²) in [5.41, 5.74) is 1.05. The van der Waals surface area contributed by atoms with Gasteiger partial charge in [-0.1, -0.05) is 12.1 Å². The van der Waals surface area contributed by atoms with Crippen molar-refractivity contribution in [2.24, 2.45) is 0 Å². The molecule has 0 aliphatic carbocycles. The minimum atomic E-state index is -0.519. The first-order valence-electron chi connectivity index (χ1n) is 10.5. The third-order valence-corrected chi connectivity index (χ3v) is 5.51. The van der Waals surface area contributed by atoms with E-state index in [2.05, 4.69) is 10.3 Å². The minimum absolute atomic E-state index is 0.104. The van der Waals surface area contributed by atoms with E-state index in [0.717, 1.165) is 5.56 Å². The van der Waals surface area contributed by atoms with Crippen LogP contribution >= 0.6 is 0 Å². The van der Waals surface area contributed by atoms with Crippen LogP contribution in [0.25, 0.3) is 10.9 Å². The molecule has 0 saturated carbocycles. The van der Waals surface area contributed by atoms with Gasteiger partial charge in [0.1, 0.15) is 18.1 Å². The summed E-state index contributed by atoms with van der Waals surface area (Å²) in [5.74, 6) is -0.654. The summed E-state index contributed by atoms with van der Waals surface area (Å²) in [6.07, 6.45) is 4.23. The summed E-state index contributed by atoms with van der Waals surface area (Å²) in [5, 5.41) is 2.97. The maximum absolute atomic E-state index is 14.4. The van der Waals surface area contributed by atoms with Gasteiger partial charge in [-0.2, -0.15) is 0 Å². The number of nitrogens with one attached hydrogen (secondary N) is 1. The molecule has 34 heavy (non-hydrogen) atoms. The van der Waals surface area contributed by atoms with Crippen molar-refractivity contribution >= 4 is 22.6 Å². The van der Waals surface area contributed by atoms with Crippen LogP contribution in [0.5, 0.6) is 5.75 Å². The van der Waals surface area contributed by atoms with E-state index in [1.54, 1.807) is 19.2 Å². The van der Waals surface area contributed by atoms with Crippen LogP contribution in [0.3, 0.4) is 0 Å². The quantitative estimate of drug-likeness (QED) is 0.428. The highest BCUT2D eigenvalue weighted by Gasteiger charge is 2.19. The monoisotopic (exact) mass is 459 g/mol. The van der Waals surface area contributed by atoms with Crippen LogP contribution in [0.2, 0.25) is 0 Å². The number of aromatic nitrogens is 2. The number of hydrogen-bond acceptors (Lipinski definition) is 5. The molecular weight excluding hydrogens is 437 g/mol. The van der Waals surface area contributed by atoms with Gasteiger partial charge in [0.25, 0.3) is 0 Å². The number of fused-ring (bicyclic) bond motifs is 1. The standard InChI is InChI=1S/C26H22FN3O4/c1-16-11-20-23(12-22(16)27)30(14-21(26(20)33)25(32)18-7-9-28-10-8-18)15-24(31)29-13-17-3-5-19(34-2)6-4-17/h3-12,14H,13,15H2,1-2H3,(H,29,31). The number of ether oxygens (including phenoxy) is 1. The number of benzene rings is 2. The lowest BCUT2D eigenvalue weighted by molar-refractivity contribution is -0.121. The Kier molecular flexibility index (Phi) is 6.49. The van der Waals surface area contributed by atoms with Gasteiger partial charge in [-0.15, -0.1) is 0 Å². The molecule has 0 aliphatic heterocycles. The highest BCUT2D eigenvalue weighted by Crippen LogP contribution is 2.19. The van der Waals surface area contributed by atoms with Crippen molar-refractivity contribution in [3.05, 3.63) is 105 Å². The Morgan fingerprint density at radius 1 is 1.09 bits per heavy atom. The Labute approximate surface area is 194 Å². The summed E-state index contributed by atoms with van der Waals surface area (Å²) in [6.45, 7) is 1.61. The lowest BCUT2D eigenvalue weighted by atomic mass is 10.0. The highest BCUT2D eigenvalue weighted by atomic mass is 19.1. The Balaban J connectivity index is 1.68. The molecule has 0 bridgehead atoms. The summed E-state index contributed by atoms with van der Waals surface area (Å²) in [4.78, 5) is 42.8. The summed E-state index contributed by atoms with van der Waals surface area (Å²) >= 11 is 0. The summed E-state index contributed by atoms with van der Waals surface area (Å²) in [6, 6.07) is 12.9. The third kappa shape index (κ3) is 4.71. The fraction of sp³-hybridized carbons (Fsp3) is 0.154. The van der Waals surface area contributed by atoms with Crippen LogP contribution < -0.4 is 15.5 Å². The molecule has 4 rings (SSSR count). The van der Waals surface area contributed by atoms with Gasteiger partial charge < -0.3 is 14.6 Å². The number of nitrogens with zero attached hydrogens (tertiary/aromatic N) is 2. The number of rotatable bonds is 7. The molecule has 2 heterocycles. The summed E-state index contributed by atoms with van der Waals surface area (Å²) < 4.78 is 20.9. The van der Waals surface area contributed by atoms with Crippen molar-refractivity contribution in [2.75, 3.05) is 7.11 Å². The Morgan fingerprint density at radius 3 is 2.47 bits per heavy atom. The molecule has 1 amide bonds. The molecular formula is C26H22FN3O4.